The summed E-state index contributed by atoms with van der Waals surface area (Å²) in [7, 11) is 0. The standard InChI is InChI=1S/C14H25F3N2/c1-2-18-13-5-3-4-11(13)10-19-8-6-12(7-9-19)14(15,16)17/h11-13,18H,2-10H2,1H3. The van der Waals surface area contributed by atoms with E-state index >= 15 is 0 Å². The molecule has 0 spiro atoms. The molecular weight excluding hydrogens is 253 g/mol. The van der Waals surface area contributed by atoms with E-state index < -0.39 is 12.1 Å². The first kappa shape index (κ1) is 15.1. The average molecular weight is 278 g/mol. The smallest absolute Gasteiger partial charge is 0.314 e. The van der Waals surface area contributed by atoms with Crippen LogP contribution in [0.3, 0.4) is 0 Å². The van der Waals surface area contributed by atoms with Crippen LogP contribution in [-0.2, 0) is 0 Å². The number of piperidine rings is 1. The second-order valence-corrected chi connectivity index (χ2v) is 5.97. The lowest BCUT2D eigenvalue weighted by Crippen LogP contribution is -2.44. The van der Waals surface area contributed by atoms with Crippen LogP contribution in [0.15, 0.2) is 0 Å². The first-order chi connectivity index (χ1) is 9.00. The zero-order valence-electron chi connectivity index (χ0n) is 11.7. The highest BCUT2D eigenvalue weighted by Gasteiger charge is 2.41. The van der Waals surface area contributed by atoms with Gasteiger partial charge in [-0.2, -0.15) is 13.2 Å². The summed E-state index contributed by atoms with van der Waals surface area (Å²) < 4.78 is 37.8. The van der Waals surface area contributed by atoms with Gasteiger partial charge in [0.2, 0.25) is 0 Å². The molecule has 2 rings (SSSR count). The molecule has 2 fully saturated rings. The molecule has 0 aromatic carbocycles. The van der Waals surface area contributed by atoms with E-state index in [1.165, 1.54) is 19.3 Å². The van der Waals surface area contributed by atoms with E-state index in [2.05, 4.69) is 17.1 Å². The molecule has 2 atom stereocenters. The van der Waals surface area contributed by atoms with Crippen LogP contribution in [-0.4, -0.2) is 43.3 Å². The molecule has 0 aromatic heterocycles. The van der Waals surface area contributed by atoms with E-state index in [1.54, 1.807) is 0 Å². The van der Waals surface area contributed by atoms with Crippen LogP contribution in [0.5, 0.6) is 0 Å². The molecule has 0 aromatic rings. The van der Waals surface area contributed by atoms with Crippen LogP contribution in [0.4, 0.5) is 13.2 Å². The average Bonchev–Trinajstić information content (AvgIpc) is 2.77. The van der Waals surface area contributed by atoms with Crippen molar-refractivity contribution in [3.05, 3.63) is 0 Å². The Morgan fingerprint density at radius 3 is 2.37 bits per heavy atom. The Hall–Kier alpha value is -0.290. The number of alkyl halides is 3. The number of likely N-dealkylation sites (tertiary alicyclic amines) is 1. The number of rotatable bonds is 4. The van der Waals surface area contributed by atoms with Crippen LogP contribution >= 0.6 is 0 Å². The van der Waals surface area contributed by atoms with Crippen molar-refractivity contribution < 1.29 is 13.2 Å². The Bertz CT molecular complexity index is 272. The van der Waals surface area contributed by atoms with Crippen molar-refractivity contribution in [2.45, 2.75) is 51.2 Å². The predicted molar refractivity (Wildman–Crippen MR) is 70.0 cm³/mol. The van der Waals surface area contributed by atoms with Crippen LogP contribution in [0.25, 0.3) is 0 Å². The van der Waals surface area contributed by atoms with Gasteiger partial charge in [-0.15, -0.1) is 0 Å². The van der Waals surface area contributed by atoms with Gasteiger partial charge in [0.25, 0.3) is 0 Å². The van der Waals surface area contributed by atoms with Gasteiger partial charge < -0.3 is 10.2 Å². The Kier molecular flexibility index (Phi) is 5.12. The molecule has 1 saturated carbocycles. The molecule has 0 radical (unpaired) electrons. The number of nitrogens with one attached hydrogen (secondary N) is 1. The maximum absolute atomic E-state index is 12.6. The van der Waals surface area contributed by atoms with Crippen LogP contribution < -0.4 is 5.32 Å². The Morgan fingerprint density at radius 1 is 1.11 bits per heavy atom. The number of nitrogens with zero attached hydrogens (tertiary/aromatic N) is 1. The summed E-state index contributed by atoms with van der Waals surface area (Å²) in [6, 6.07) is 0.574. The van der Waals surface area contributed by atoms with E-state index in [1.807, 2.05) is 0 Å². The maximum atomic E-state index is 12.6. The fourth-order valence-corrected chi connectivity index (χ4v) is 3.56. The van der Waals surface area contributed by atoms with Crippen LogP contribution in [0.2, 0.25) is 0 Å². The fourth-order valence-electron chi connectivity index (χ4n) is 3.56. The van der Waals surface area contributed by atoms with Gasteiger partial charge >= 0.3 is 6.18 Å². The third-order valence-corrected chi connectivity index (χ3v) is 4.67. The molecule has 1 heterocycles. The minimum absolute atomic E-state index is 0.280. The second kappa shape index (κ2) is 6.44. The Labute approximate surface area is 113 Å². The van der Waals surface area contributed by atoms with Gasteiger partial charge in [-0.1, -0.05) is 13.3 Å². The molecule has 19 heavy (non-hydrogen) atoms. The molecule has 5 heteroatoms. The maximum Gasteiger partial charge on any atom is 0.391 e. The van der Waals surface area contributed by atoms with Gasteiger partial charge in [-0.25, -0.2) is 0 Å². The summed E-state index contributed by atoms with van der Waals surface area (Å²) in [6.45, 7) is 5.29. The first-order valence-corrected chi connectivity index (χ1v) is 7.53. The monoisotopic (exact) mass is 278 g/mol. The predicted octanol–water partition coefficient (Wildman–Crippen LogP) is 3.04. The third-order valence-electron chi connectivity index (χ3n) is 4.67. The summed E-state index contributed by atoms with van der Waals surface area (Å²) in [6.07, 6.45) is 0.256. The number of hydrogen-bond donors (Lipinski definition) is 1. The van der Waals surface area contributed by atoms with E-state index in [9.17, 15) is 13.2 Å². The topological polar surface area (TPSA) is 15.3 Å². The van der Waals surface area contributed by atoms with E-state index in [0.717, 1.165) is 13.1 Å². The van der Waals surface area contributed by atoms with Gasteiger partial charge in [0, 0.05) is 12.6 Å². The van der Waals surface area contributed by atoms with Gasteiger partial charge in [0.1, 0.15) is 0 Å². The van der Waals surface area contributed by atoms with Crippen molar-refractivity contribution in [2.75, 3.05) is 26.2 Å². The lowest BCUT2D eigenvalue weighted by molar-refractivity contribution is -0.185. The molecule has 112 valence electrons. The summed E-state index contributed by atoms with van der Waals surface area (Å²) in [5, 5.41) is 3.51. The molecule has 1 saturated heterocycles. The highest BCUT2D eigenvalue weighted by molar-refractivity contribution is 4.86. The van der Waals surface area contributed by atoms with E-state index in [-0.39, 0.29) is 12.8 Å². The largest absolute Gasteiger partial charge is 0.391 e. The zero-order valence-corrected chi connectivity index (χ0v) is 11.7. The minimum Gasteiger partial charge on any atom is -0.314 e. The molecule has 1 aliphatic heterocycles. The van der Waals surface area contributed by atoms with Crippen molar-refractivity contribution in [1.29, 1.82) is 0 Å². The fraction of sp³-hybridized carbons (Fsp3) is 1.00. The van der Waals surface area contributed by atoms with E-state index in [0.29, 0.717) is 25.0 Å². The van der Waals surface area contributed by atoms with Crippen LogP contribution in [0, 0.1) is 11.8 Å². The SMILES string of the molecule is CCNC1CCCC1CN1CCC(C(F)(F)F)CC1. The van der Waals surface area contributed by atoms with Gasteiger partial charge in [0.15, 0.2) is 0 Å². The molecule has 2 unspecified atom stereocenters. The van der Waals surface area contributed by atoms with Gasteiger partial charge in [0.05, 0.1) is 5.92 Å². The normalized spacial score (nSPS) is 30.9. The quantitative estimate of drug-likeness (QED) is 0.850. The van der Waals surface area contributed by atoms with Crippen molar-refractivity contribution >= 4 is 0 Å². The second-order valence-electron chi connectivity index (χ2n) is 5.97. The molecule has 0 bridgehead atoms. The molecule has 0 amide bonds. The molecule has 2 aliphatic rings. The van der Waals surface area contributed by atoms with Crippen molar-refractivity contribution in [2.24, 2.45) is 11.8 Å². The highest BCUT2D eigenvalue weighted by Crippen LogP contribution is 2.35. The molecule has 1 aliphatic carbocycles. The molecular formula is C14H25F3N2. The summed E-state index contributed by atoms with van der Waals surface area (Å²) in [4.78, 5) is 2.24. The minimum atomic E-state index is -3.99. The lowest BCUT2D eigenvalue weighted by Gasteiger charge is -2.35. The summed E-state index contributed by atoms with van der Waals surface area (Å²) >= 11 is 0. The zero-order chi connectivity index (χ0) is 13.9. The number of hydrogen-bond acceptors (Lipinski definition) is 2. The lowest BCUT2D eigenvalue weighted by atomic mass is 9.94. The van der Waals surface area contributed by atoms with Crippen molar-refractivity contribution in [1.82, 2.24) is 10.2 Å². The van der Waals surface area contributed by atoms with Crippen LogP contribution in [0.1, 0.15) is 39.0 Å². The third kappa shape index (κ3) is 4.09. The highest BCUT2D eigenvalue weighted by atomic mass is 19.4. The van der Waals surface area contributed by atoms with Crippen molar-refractivity contribution in [3.63, 3.8) is 0 Å². The summed E-state index contributed by atoms with van der Waals surface area (Å²) in [5.41, 5.74) is 0. The van der Waals surface area contributed by atoms with E-state index in [4.69, 9.17) is 0 Å². The van der Waals surface area contributed by atoms with Gasteiger partial charge in [-0.05, 0) is 51.2 Å². The van der Waals surface area contributed by atoms with Gasteiger partial charge in [-0.3, -0.25) is 0 Å². The molecule has 2 nitrogen and oxygen atoms in total. The Balaban J connectivity index is 1.76. The Morgan fingerprint density at radius 2 is 1.79 bits per heavy atom. The van der Waals surface area contributed by atoms with Crippen molar-refractivity contribution in [3.8, 4) is 0 Å². The summed E-state index contributed by atoms with van der Waals surface area (Å²) in [5.74, 6) is -0.445. The first-order valence-electron chi connectivity index (χ1n) is 7.53. The number of halogens is 3. The molecule has 1 N–H and O–H groups in total.